The van der Waals surface area contributed by atoms with E-state index in [9.17, 15) is 20.0 Å². The Hall–Kier alpha value is -2.47. The molecule has 0 amide bonds. The molecule has 0 aliphatic rings. The number of carbonyl (C=O) groups excluding carboxylic acids is 1. The molecule has 0 bridgehead atoms. The van der Waals surface area contributed by atoms with Gasteiger partial charge in [-0.05, 0) is 18.2 Å². The highest BCUT2D eigenvalue weighted by Gasteiger charge is 2.10. The van der Waals surface area contributed by atoms with Crippen molar-refractivity contribution in [3.05, 3.63) is 58.2 Å². The number of allylic oxidation sites excluding steroid dienone is 2. The van der Waals surface area contributed by atoms with Gasteiger partial charge in [-0.2, -0.15) is 0 Å². The van der Waals surface area contributed by atoms with Crippen LogP contribution in [-0.4, -0.2) is 29.2 Å². The van der Waals surface area contributed by atoms with Gasteiger partial charge in [0.15, 0.2) is 6.10 Å². The number of nitro groups is 1. The predicted octanol–water partition coefficient (Wildman–Crippen LogP) is 1.70. The number of para-hydroxylation sites is 1. The number of benzene rings is 1. The van der Waals surface area contributed by atoms with Crippen molar-refractivity contribution in [1.29, 1.82) is 0 Å². The van der Waals surface area contributed by atoms with E-state index in [0.29, 0.717) is 5.56 Å². The molecule has 0 aliphatic heterocycles. The van der Waals surface area contributed by atoms with Gasteiger partial charge in [-0.15, -0.1) is 0 Å². The maximum atomic E-state index is 10.9. The average Bonchev–Trinajstić information content (AvgIpc) is 2.42. The molecular weight excluding hydrogens is 250 g/mol. The number of nitrogens with zero attached hydrogens (tertiary/aromatic N) is 1. The van der Waals surface area contributed by atoms with Crippen LogP contribution in [0, 0.1) is 10.1 Å². The fourth-order valence-corrected chi connectivity index (χ4v) is 1.32. The Bertz CT molecular complexity index is 522. The molecule has 6 heteroatoms. The third kappa shape index (κ3) is 4.36. The average molecular weight is 263 g/mol. The molecule has 0 fully saturated rings. The number of carbonyl (C=O) groups is 1. The Morgan fingerprint density at radius 3 is 2.74 bits per heavy atom. The standard InChI is InChI=1S/C13H13NO5/c1-19-13(16)12(15)9-5-3-7-10-6-2-4-8-11(10)14(17)18/h2-9,12,15H,1H3/b7-3+,9-5+/t12-/m0/s1. The van der Waals surface area contributed by atoms with Gasteiger partial charge in [0.05, 0.1) is 17.6 Å². The zero-order valence-electron chi connectivity index (χ0n) is 10.2. The molecule has 6 nitrogen and oxygen atoms in total. The fourth-order valence-electron chi connectivity index (χ4n) is 1.32. The number of aliphatic hydroxyl groups excluding tert-OH is 1. The number of nitro benzene ring substituents is 1. The van der Waals surface area contributed by atoms with Gasteiger partial charge in [0.25, 0.3) is 5.69 Å². The minimum Gasteiger partial charge on any atom is -0.467 e. The van der Waals surface area contributed by atoms with Crippen LogP contribution in [-0.2, 0) is 9.53 Å². The lowest BCUT2D eigenvalue weighted by Crippen LogP contribution is -2.18. The lowest BCUT2D eigenvalue weighted by molar-refractivity contribution is -0.385. The smallest absolute Gasteiger partial charge is 0.338 e. The molecule has 0 unspecified atom stereocenters. The van der Waals surface area contributed by atoms with Crippen molar-refractivity contribution in [1.82, 2.24) is 0 Å². The van der Waals surface area contributed by atoms with Crippen molar-refractivity contribution in [2.45, 2.75) is 6.10 Å². The molecule has 100 valence electrons. The van der Waals surface area contributed by atoms with Crippen molar-refractivity contribution >= 4 is 17.7 Å². The van der Waals surface area contributed by atoms with Gasteiger partial charge in [0.1, 0.15) is 0 Å². The summed E-state index contributed by atoms with van der Waals surface area (Å²) in [5, 5.41) is 20.0. The quantitative estimate of drug-likeness (QED) is 0.378. The summed E-state index contributed by atoms with van der Waals surface area (Å²) in [6.07, 6.45) is 4.29. The topological polar surface area (TPSA) is 89.7 Å². The van der Waals surface area contributed by atoms with Gasteiger partial charge >= 0.3 is 5.97 Å². The maximum absolute atomic E-state index is 10.9. The zero-order chi connectivity index (χ0) is 14.3. The van der Waals surface area contributed by atoms with Crippen LogP contribution in [0.15, 0.2) is 42.5 Å². The van der Waals surface area contributed by atoms with Gasteiger partial charge in [-0.3, -0.25) is 10.1 Å². The van der Waals surface area contributed by atoms with Gasteiger partial charge in [0.2, 0.25) is 0 Å². The second-order valence-electron chi connectivity index (χ2n) is 3.53. The number of ether oxygens (including phenoxy) is 1. The number of rotatable bonds is 5. The predicted molar refractivity (Wildman–Crippen MR) is 69.3 cm³/mol. The van der Waals surface area contributed by atoms with Crippen molar-refractivity contribution in [3.8, 4) is 0 Å². The molecule has 1 N–H and O–H groups in total. The molecule has 0 aliphatic carbocycles. The molecule has 0 spiro atoms. The molecule has 1 aromatic rings. The van der Waals surface area contributed by atoms with Gasteiger partial charge in [-0.25, -0.2) is 4.79 Å². The third-order valence-corrected chi connectivity index (χ3v) is 2.26. The summed E-state index contributed by atoms with van der Waals surface area (Å²) in [4.78, 5) is 21.1. The van der Waals surface area contributed by atoms with Gasteiger partial charge < -0.3 is 9.84 Å². The van der Waals surface area contributed by atoms with Crippen LogP contribution in [0.4, 0.5) is 5.69 Å². The molecule has 0 saturated carbocycles. The first kappa shape index (κ1) is 14.6. The molecule has 1 rings (SSSR count). The Morgan fingerprint density at radius 1 is 1.42 bits per heavy atom. The molecular formula is C13H13NO5. The summed E-state index contributed by atoms with van der Waals surface area (Å²) in [5.41, 5.74) is 0.422. The van der Waals surface area contributed by atoms with Crippen molar-refractivity contribution in [2.75, 3.05) is 7.11 Å². The van der Waals surface area contributed by atoms with E-state index in [4.69, 9.17) is 0 Å². The largest absolute Gasteiger partial charge is 0.467 e. The van der Waals surface area contributed by atoms with Crippen LogP contribution in [0.25, 0.3) is 6.08 Å². The minimum atomic E-state index is -1.35. The van der Waals surface area contributed by atoms with Crippen molar-refractivity contribution < 1.29 is 19.6 Å². The Balaban J connectivity index is 2.75. The molecule has 0 aromatic heterocycles. The maximum Gasteiger partial charge on any atom is 0.338 e. The highest BCUT2D eigenvalue weighted by Crippen LogP contribution is 2.18. The Labute approximate surface area is 109 Å². The molecule has 0 radical (unpaired) electrons. The first-order valence-corrected chi connectivity index (χ1v) is 5.40. The first-order valence-electron chi connectivity index (χ1n) is 5.40. The van der Waals surface area contributed by atoms with E-state index in [2.05, 4.69) is 4.74 Å². The van der Waals surface area contributed by atoms with E-state index < -0.39 is 17.0 Å². The van der Waals surface area contributed by atoms with E-state index >= 15 is 0 Å². The zero-order valence-corrected chi connectivity index (χ0v) is 10.2. The summed E-state index contributed by atoms with van der Waals surface area (Å²) in [6.45, 7) is 0. The second kappa shape index (κ2) is 7.07. The monoisotopic (exact) mass is 263 g/mol. The number of esters is 1. The minimum absolute atomic E-state index is 0.0133. The third-order valence-electron chi connectivity index (χ3n) is 2.26. The van der Waals surface area contributed by atoms with Gasteiger partial charge in [-0.1, -0.05) is 24.3 Å². The second-order valence-corrected chi connectivity index (χ2v) is 3.53. The van der Waals surface area contributed by atoms with Crippen LogP contribution in [0.3, 0.4) is 0 Å². The Morgan fingerprint density at radius 2 is 2.11 bits per heavy atom. The van der Waals surface area contributed by atoms with Crippen LogP contribution in [0.1, 0.15) is 5.56 Å². The summed E-state index contributed by atoms with van der Waals surface area (Å²) in [7, 11) is 1.17. The highest BCUT2D eigenvalue weighted by molar-refractivity contribution is 5.76. The van der Waals surface area contributed by atoms with Crippen LogP contribution in [0.5, 0.6) is 0 Å². The van der Waals surface area contributed by atoms with E-state index in [1.165, 1.54) is 37.5 Å². The normalized spacial score (nSPS) is 12.7. The van der Waals surface area contributed by atoms with Crippen LogP contribution >= 0.6 is 0 Å². The molecule has 0 saturated heterocycles. The first-order chi connectivity index (χ1) is 9.06. The summed E-state index contributed by atoms with van der Waals surface area (Å²) in [5.74, 6) is -0.768. The molecule has 0 heterocycles. The summed E-state index contributed by atoms with van der Waals surface area (Å²) >= 11 is 0. The molecule has 1 atom stereocenters. The number of methoxy groups -OCH3 is 1. The summed E-state index contributed by atoms with van der Waals surface area (Å²) < 4.78 is 4.32. The van der Waals surface area contributed by atoms with E-state index in [-0.39, 0.29) is 5.69 Å². The lowest BCUT2D eigenvalue weighted by atomic mass is 10.1. The number of hydrogen-bond acceptors (Lipinski definition) is 5. The molecule has 19 heavy (non-hydrogen) atoms. The van der Waals surface area contributed by atoms with Crippen molar-refractivity contribution in [3.63, 3.8) is 0 Å². The number of hydrogen-bond donors (Lipinski definition) is 1. The SMILES string of the molecule is COC(=O)[C@@H](O)/C=C/C=C/c1ccccc1[N+](=O)[O-]. The van der Waals surface area contributed by atoms with E-state index in [0.717, 1.165) is 0 Å². The van der Waals surface area contributed by atoms with Crippen LogP contribution in [0.2, 0.25) is 0 Å². The lowest BCUT2D eigenvalue weighted by Gasteiger charge is -2.00. The molecule has 1 aromatic carbocycles. The Kier molecular flexibility index (Phi) is 5.43. The number of aliphatic hydroxyl groups is 1. The van der Waals surface area contributed by atoms with E-state index in [1.807, 2.05) is 0 Å². The van der Waals surface area contributed by atoms with Gasteiger partial charge in [0, 0.05) is 6.07 Å². The van der Waals surface area contributed by atoms with Crippen LogP contribution < -0.4 is 0 Å². The highest BCUT2D eigenvalue weighted by atomic mass is 16.6. The van der Waals surface area contributed by atoms with Crippen molar-refractivity contribution in [2.24, 2.45) is 0 Å². The summed E-state index contributed by atoms with van der Waals surface area (Å²) in [6, 6.07) is 6.25. The van der Waals surface area contributed by atoms with E-state index in [1.54, 1.807) is 18.2 Å². The fraction of sp³-hybridized carbons (Fsp3) is 0.154.